The zero-order valence-electron chi connectivity index (χ0n) is 10.7. The molecular formula is C14H10N4O2S. The molecule has 0 bridgehead atoms. The lowest BCUT2D eigenvalue weighted by Gasteiger charge is -2.08. The van der Waals surface area contributed by atoms with Crippen LogP contribution in [-0.4, -0.2) is 18.6 Å². The number of aromatic amines is 1. The van der Waals surface area contributed by atoms with Crippen molar-refractivity contribution in [3.05, 3.63) is 54.2 Å². The average Bonchev–Trinajstić information content (AvgIpc) is 2.94. The number of nitrogens with zero attached hydrogens (tertiary/aromatic N) is 2. The van der Waals surface area contributed by atoms with Gasteiger partial charge in [-0.05, 0) is 36.4 Å². The van der Waals surface area contributed by atoms with Gasteiger partial charge in [0.1, 0.15) is 0 Å². The van der Waals surface area contributed by atoms with Crippen LogP contribution in [0.5, 0.6) is 0 Å². The van der Waals surface area contributed by atoms with Crippen LogP contribution in [0, 0.1) is 11.3 Å². The van der Waals surface area contributed by atoms with Crippen molar-refractivity contribution in [2.75, 3.05) is 4.72 Å². The second kappa shape index (κ2) is 4.92. The predicted molar refractivity (Wildman–Crippen MR) is 78.1 cm³/mol. The Labute approximate surface area is 121 Å². The normalized spacial score (nSPS) is 11.2. The summed E-state index contributed by atoms with van der Waals surface area (Å²) in [6.45, 7) is 0. The fraction of sp³-hybridized carbons (Fsp3) is 0. The Morgan fingerprint density at radius 1 is 1.19 bits per heavy atom. The Bertz CT molecular complexity index is 954. The van der Waals surface area contributed by atoms with E-state index >= 15 is 0 Å². The summed E-state index contributed by atoms with van der Waals surface area (Å²) < 4.78 is 27.1. The smallest absolute Gasteiger partial charge is 0.261 e. The third kappa shape index (κ3) is 2.57. The molecule has 0 unspecified atom stereocenters. The van der Waals surface area contributed by atoms with Crippen LogP contribution in [0.25, 0.3) is 10.9 Å². The highest BCUT2D eigenvalue weighted by Crippen LogP contribution is 2.20. The Morgan fingerprint density at radius 2 is 2.05 bits per heavy atom. The van der Waals surface area contributed by atoms with Gasteiger partial charge in [-0.3, -0.25) is 9.82 Å². The van der Waals surface area contributed by atoms with Gasteiger partial charge in [-0.1, -0.05) is 6.07 Å². The quantitative estimate of drug-likeness (QED) is 0.774. The molecule has 0 saturated heterocycles. The standard InChI is InChI=1S/C14H10N4O2S/c15-8-10-2-1-3-13(6-10)21(19,20)18-12-5-4-11-9-16-17-14(11)7-12/h1-7,9,18H,(H,16,17). The zero-order valence-corrected chi connectivity index (χ0v) is 11.6. The van der Waals surface area contributed by atoms with Crippen molar-refractivity contribution in [3.8, 4) is 6.07 Å². The highest BCUT2D eigenvalue weighted by atomic mass is 32.2. The number of anilines is 1. The first kappa shape index (κ1) is 13.1. The summed E-state index contributed by atoms with van der Waals surface area (Å²) in [6, 6.07) is 12.9. The molecule has 3 aromatic rings. The van der Waals surface area contributed by atoms with Crippen LogP contribution in [-0.2, 0) is 10.0 Å². The van der Waals surface area contributed by atoms with E-state index in [1.807, 2.05) is 6.07 Å². The minimum atomic E-state index is -3.73. The SMILES string of the molecule is N#Cc1cccc(S(=O)(=O)Nc2ccc3cn[nH]c3c2)c1. The first-order chi connectivity index (χ1) is 10.1. The number of sulfonamides is 1. The van der Waals surface area contributed by atoms with Crippen molar-refractivity contribution in [2.24, 2.45) is 0 Å². The summed E-state index contributed by atoms with van der Waals surface area (Å²) >= 11 is 0. The van der Waals surface area contributed by atoms with Gasteiger partial charge in [0.15, 0.2) is 0 Å². The average molecular weight is 298 g/mol. The van der Waals surface area contributed by atoms with E-state index in [-0.39, 0.29) is 4.90 Å². The van der Waals surface area contributed by atoms with Crippen LogP contribution in [0.3, 0.4) is 0 Å². The second-order valence-electron chi connectivity index (χ2n) is 4.42. The highest BCUT2D eigenvalue weighted by molar-refractivity contribution is 7.92. The molecule has 2 aromatic carbocycles. The molecule has 1 aromatic heterocycles. The van der Waals surface area contributed by atoms with Crippen LogP contribution in [0.1, 0.15) is 5.56 Å². The molecule has 0 amide bonds. The third-order valence-corrected chi connectivity index (χ3v) is 4.35. The van der Waals surface area contributed by atoms with Gasteiger partial charge in [0.05, 0.1) is 33.9 Å². The molecule has 0 atom stereocenters. The topological polar surface area (TPSA) is 98.6 Å². The number of rotatable bonds is 3. The van der Waals surface area contributed by atoms with Crippen LogP contribution < -0.4 is 4.72 Å². The Morgan fingerprint density at radius 3 is 2.86 bits per heavy atom. The number of nitriles is 1. The van der Waals surface area contributed by atoms with E-state index in [2.05, 4.69) is 14.9 Å². The van der Waals surface area contributed by atoms with Crippen molar-refractivity contribution in [3.63, 3.8) is 0 Å². The van der Waals surface area contributed by atoms with Crippen LogP contribution in [0.2, 0.25) is 0 Å². The maximum absolute atomic E-state index is 12.3. The number of aromatic nitrogens is 2. The molecule has 1 heterocycles. The predicted octanol–water partition coefficient (Wildman–Crippen LogP) is 2.24. The van der Waals surface area contributed by atoms with E-state index in [1.165, 1.54) is 18.2 Å². The lowest BCUT2D eigenvalue weighted by atomic mass is 10.2. The molecule has 6 nitrogen and oxygen atoms in total. The molecule has 0 radical (unpaired) electrons. The summed E-state index contributed by atoms with van der Waals surface area (Å²) in [5.41, 5.74) is 1.46. The second-order valence-corrected chi connectivity index (χ2v) is 6.10. The van der Waals surface area contributed by atoms with Gasteiger partial charge < -0.3 is 0 Å². The Hall–Kier alpha value is -2.85. The molecule has 2 N–H and O–H groups in total. The lowest BCUT2D eigenvalue weighted by molar-refractivity contribution is 0.601. The van der Waals surface area contributed by atoms with E-state index in [0.717, 1.165) is 10.9 Å². The zero-order chi connectivity index (χ0) is 14.9. The van der Waals surface area contributed by atoms with Crippen molar-refractivity contribution in [1.82, 2.24) is 10.2 Å². The number of hydrogen-bond donors (Lipinski definition) is 2. The number of hydrogen-bond acceptors (Lipinski definition) is 4. The molecule has 0 aliphatic carbocycles. The Kier molecular flexibility index (Phi) is 3.08. The lowest BCUT2D eigenvalue weighted by Crippen LogP contribution is -2.13. The van der Waals surface area contributed by atoms with Crippen molar-refractivity contribution in [1.29, 1.82) is 5.26 Å². The van der Waals surface area contributed by atoms with Gasteiger partial charge in [-0.2, -0.15) is 10.4 Å². The molecule has 21 heavy (non-hydrogen) atoms. The number of nitrogens with one attached hydrogen (secondary N) is 2. The van der Waals surface area contributed by atoms with Gasteiger partial charge in [-0.25, -0.2) is 8.42 Å². The highest BCUT2D eigenvalue weighted by Gasteiger charge is 2.15. The molecule has 0 fully saturated rings. The van der Waals surface area contributed by atoms with Crippen LogP contribution >= 0.6 is 0 Å². The number of fused-ring (bicyclic) bond motifs is 1. The maximum Gasteiger partial charge on any atom is 0.261 e. The third-order valence-electron chi connectivity index (χ3n) is 2.97. The van der Waals surface area contributed by atoms with Gasteiger partial charge in [-0.15, -0.1) is 0 Å². The largest absolute Gasteiger partial charge is 0.280 e. The molecule has 7 heteroatoms. The summed E-state index contributed by atoms with van der Waals surface area (Å²) in [4.78, 5) is 0.0475. The van der Waals surface area contributed by atoms with Crippen molar-refractivity contribution in [2.45, 2.75) is 4.90 Å². The summed E-state index contributed by atoms with van der Waals surface area (Å²) in [5, 5.41) is 16.4. The van der Waals surface area contributed by atoms with Gasteiger partial charge in [0.2, 0.25) is 0 Å². The summed E-state index contributed by atoms with van der Waals surface area (Å²) in [6.07, 6.45) is 1.66. The summed E-state index contributed by atoms with van der Waals surface area (Å²) in [7, 11) is -3.73. The maximum atomic E-state index is 12.3. The van der Waals surface area contributed by atoms with E-state index in [4.69, 9.17) is 5.26 Å². The monoisotopic (exact) mass is 298 g/mol. The first-order valence-electron chi connectivity index (χ1n) is 6.05. The first-order valence-corrected chi connectivity index (χ1v) is 7.53. The van der Waals surface area contributed by atoms with Crippen LogP contribution in [0.15, 0.2) is 53.6 Å². The molecule has 0 spiro atoms. The number of H-pyrrole nitrogens is 1. The van der Waals surface area contributed by atoms with Crippen molar-refractivity contribution >= 4 is 26.6 Å². The molecule has 0 aliphatic heterocycles. The van der Waals surface area contributed by atoms with Crippen LogP contribution in [0.4, 0.5) is 5.69 Å². The molecule has 104 valence electrons. The van der Waals surface area contributed by atoms with E-state index in [9.17, 15) is 8.42 Å². The van der Waals surface area contributed by atoms with E-state index in [1.54, 1.807) is 30.5 Å². The van der Waals surface area contributed by atoms with E-state index < -0.39 is 10.0 Å². The minimum absolute atomic E-state index is 0.0475. The minimum Gasteiger partial charge on any atom is -0.280 e. The molecular weight excluding hydrogens is 288 g/mol. The van der Waals surface area contributed by atoms with Gasteiger partial charge in [0.25, 0.3) is 10.0 Å². The van der Waals surface area contributed by atoms with E-state index in [0.29, 0.717) is 11.3 Å². The fourth-order valence-electron chi connectivity index (χ4n) is 1.95. The van der Waals surface area contributed by atoms with Crippen molar-refractivity contribution < 1.29 is 8.42 Å². The molecule has 0 aliphatic rings. The number of benzene rings is 2. The molecule has 0 saturated carbocycles. The molecule has 3 rings (SSSR count). The Balaban J connectivity index is 1.96. The van der Waals surface area contributed by atoms with Gasteiger partial charge in [0, 0.05) is 5.39 Å². The van der Waals surface area contributed by atoms with Gasteiger partial charge >= 0.3 is 0 Å². The fourth-order valence-corrected chi connectivity index (χ4v) is 3.04. The summed E-state index contributed by atoms with van der Waals surface area (Å²) in [5.74, 6) is 0.